The zero-order chi connectivity index (χ0) is 20.1. The lowest BCUT2D eigenvalue weighted by molar-refractivity contribution is -0.272. The summed E-state index contributed by atoms with van der Waals surface area (Å²) in [5.74, 6) is -0.444. The number of aromatic nitrogens is 4. The molecule has 2 rings (SSSR count). The molecule has 0 fully saturated rings. The molecule has 2 atom stereocenters. The number of imidazole rings is 1. The molecule has 0 saturated heterocycles. The number of alkyl halides is 3. The lowest BCUT2D eigenvalue weighted by atomic mass is 9.97. The highest BCUT2D eigenvalue weighted by molar-refractivity contribution is 5.73. The molecule has 2 amide bonds. The molecule has 8 nitrogen and oxygen atoms in total. The molecule has 0 aromatic carbocycles. The molecule has 11 heteroatoms. The predicted octanol–water partition coefficient (Wildman–Crippen LogP) is 1.39. The Labute approximate surface area is 154 Å². The van der Waals surface area contributed by atoms with Crippen LogP contribution >= 0.6 is 0 Å². The standard InChI is InChI=1S/C16H23F3N6O2/c1-12(11-25-8-3-5-23-25)10-22-14(26)21-6-4-15(27,16(17,18)19)13-20-7-9-24(13)2/h3,5,7-9,12,27H,4,6,10-11H2,1-2H3,(H2,21,22,26). The Balaban J connectivity index is 1.82. The Morgan fingerprint density at radius 2 is 2.04 bits per heavy atom. The highest BCUT2D eigenvalue weighted by atomic mass is 19.4. The fraction of sp³-hybridized carbons (Fsp3) is 0.562. The zero-order valence-corrected chi connectivity index (χ0v) is 15.1. The molecule has 27 heavy (non-hydrogen) atoms. The van der Waals surface area contributed by atoms with Crippen molar-refractivity contribution in [3.8, 4) is 0 Å². The van der Waals surface area contributed by atoms with Gasteiger partial charge in [-0.15, -0.1) is 0 Å². The third kappa shape index (κ3) is 5.22. The molecule has 150 valence electrons. The maximum absolute atomic E-state index is 13.4. The molecule has 0 spiro atoms. The number of aryl methyl sites for hydroxylation is 1. The highest BCUT2D eigenvalue weighted by Crippen LogP contribution is 2.40. The first-order valence-corrected chi connectivity index (χ1v) is 8.39. The molecule has 0 aliphatic heterocycles. The van der Waals surface area contributed by atoms with Crippen LogP contribution in [-0.4, -0.2) is 49.7 Å². The smallest absolute Gasteiger partial charge is 0.374 e. The maximum atomic E-state index is 13.4. The van der Waals surface area contributed by atoms with Crippen molar-refractivity contribution >= 4 is 6.03 Å². The van der Waals surface area contributed by atoms with Gasteiger partial charge in [-0.05, 0) is 12.0 Å². The van der Waals surface area contributed by atoms with Crippen LogP contribution < -0.4 is 10.6 Å². The van der Waals surface area contributed by atoms with Gasteiger partial charge in [-0.3, -0.25) is 4.68 Å². The van der Waals surface area contributed by atoms with Crippen LogP contribution in [0.3, 0.4) is 0 Å². The molecule has 0 aliphatic carbocycles. The van der Waals surface area contributed by atoms with Crippen molar-refractivity contribution in [3.05, 3.63) is 36.7 Å². The summed E-state index contributed by atoms with van der Waals surface area (Å²) in [6.45, 7) is 2.46. The maximum Gasteiger partial charge on any atom is 0.424 e. The Hall–Kier alpha value is -2.56. The summed E-state index contributed by atoms with van der Waals surface area (Å²) in [6.07, 6.45) is 0.253. The van der Waals surface area contributed by atoms with Crippen molar-refractivity contribution < 1.29 is 23.1 Å². The van der Waals surface area contributed by atoms with Gasteiger partial charge in [0, 0.05) is 57.9 Å². The Morgan fingerprint density at radius 3 is 2.59 bits per heavy atom. The van der Waals surface area contributed by atoms with Gasteiger partial charge in [-0.25, -0.2) is 9.78 Å². The molecule has 2 heterocycles. The summed E-state index contributed by atoms with van der Waals surface area (Å²) in [5, 5.41) is 19.2. The second kappa shape index (κ2) is 8.42. The van der Waals surface area contributed by atoms with E-state index in [1.54, 1.807) is 23.1 Å². The lowest BCUT2D eigenvalue weighted by Crippen LogP contribution is -2.47. The lowest BCUT2D eigenvalue weighted by Gasteiger charge is -2.30. The predicted molar refractivity (Wildman–Crippen MR) is 90.6 cm³/mol. The second-order valence-electron chi connectivity index (χ2n) is 6.44. The number of nitrogens with one attached hydrogen (secondary N) is 2. The first-order chi connectivity index (χ1) is 12.6. The number of carbonyl (C=O) groups is 1. The number of rotatable bonds is 8. The van der Waals surface area contributed by atoms with E-state index < -0.39 is 30.1 Å². The quantitative estimate of drug-likeness (QED) is 0.637. The van der Waals surface area contributed by atoms with Gasteiger partial charge in [-0.2, -0.15) is 18.3 Å². The van der Waals surface area contributed by atoms with Crippen LogP contribution in [0.4, 0.5) is 18.0 Å². The van der Waals surface area contributed by atoms with Gasteiger partial charge >= 0.3 is 12.2 Å². The summed E-state index contributed by atoms with van der Waals surface area (Å²) < 4.78 is 42.9. The molecule has 2 unspecified atom stereocenters. The molecule has 0 saturated carbocycles. The molecule has 2 aromatic rings. The van der Waals surface area contributed by atoms with E-state index in [9.17, 15) is 23.1 Å². The van der Waals surface area contributed by atoms with Crippen molar-refractivity contribution in [1.82, 2.24) is 30.0 Å². The van der Waals surface area contributed by atoms with Crippen molar-refractivity contribution in [2.24, 2.45) is 13.0 Å². The van der Waals surface area contributed by atoms with Crippen LogP contribution in [0.25, 0.3) is 0 Å². The van der Waals surface area contributed by atoms with Crippen molar-refractivity contribution in [2.45, 2.75) is 31.7 Å². The minimum atomic E-state index is -4.93. The van der Waals surface area contributed by atoms with Gasteiger partial charge in [-0.1, -0.05) is 6.92 Å². The highest BCUT2D eigenvalue weighted by Gasteiger charge is 2.57. The topological polar surface area (TPSA) is 97.0 Å². The van der Waals surface area contributed by atoms with Crippen LogP contribution in [-0.2, 0) is 19.2 Å². The Bertz CT molecular complexity index is 731. The minimum absolute atomic E-state index is 0.0790. The average molecular weight is 388 g/mol. The van der Waals surface area contributed by atoms with E-state index in [2.05, 4.69) is 20.7 Å². The van der Waals surface area contributed by atoms with E-state index in [1.165, 1.54) is 19.4 Å². The summed E-state index contributed by atoms with van der Waals surface area (Å²) in [5.41, 5.74) is -3.15. The summed E-state index contributed by atoms with van der Waals surface area (Å²) in [4.78, 5) is 15.4. The number of urea groups is 1. The summed E-state index contributed by atoms with van der Waals surface area (Å²) >= 11 is 0. The normalized spacial score (nSPS) is 15.2. The second-order valence-corrected chi connectivity index (χ2v) is 6.44. The molecule has 0 aliphatic rings. The third-order valence-corrected chi connectivity index (χ3v) is 4.10. The number of carbonyl (C=O) groups excluding carboxylic acids is 1. The molecular weight excluding hydrogens is 365 g/mol. The molecule has 0 bridgehead atoms. The average Bonchev–Trinajstić information content (AvgIpc) is 3.23. The third-order valence-electron chi connectivity index (χ3n) is 4.10. The number of amides is 2. The van der Waals surface area contributed by atoms with Gasteiger partial charge in [0.15, 0.2) is 0 Å². The Morgan fingerprint density at radius 1 is 1.30 bits per heavy atom. The fourth-order valence-corrected chi connectivity index (χ4v) is 2.62. The Kier molecular flexibility index (Phi) is 6.47. The molecule has 0 radical (unpaired) electrons. The number of aliphatic hydroxyl groups is 1. The fourth-order valence-electron chi connectivity index (χ4n) is 2.62. The van der Waals surface area contributed by atoms with E-state index in [1.807, 2.05) is 6.92 Å². The van der Waals surface area contributed by atoms with Crippen molar-refractivity contribution in [2.75, 3.05) is 13.1 Å². The first kappa shape index (κ1) is 20.7. The summed E-state index contributed by atoms with van der Waals surface area (Å²) in [6, 6.07) is 1.18. The van der Waals surface area contributed by atoms with Gasteiger partial charge in [0.25, 0.3) is 0 Å². The van der Waals surface area contributed by atoms with E-state index in [0.29, 0.717) is 13.1 Å². The van der Waals surface area contributed by atoms with Gasteiger partial charge in [0.1, 0.15) is 5.82 Å². The van der Waals surface area contributed by atoms with Crippen molar-refractivity contribution in [1.29, 1.82) is 0 Å². The van der Waals surface area contributed by atoms with E-state index in [4.69, 9.17) is 0 Å². The van der Waals surface area contributed by atoms with Crippen LogP contribution in [0, 0.1) is 5.92 Å². The van der Waals surface area contributed by atoms with E-state index in [0.717, 1.165) is 4.57 Å². The molecular formula is C16H23F3N6O2. The zero-order valence-electron chi connectivity index (χ0n) is 15.1. The number of hydrogen-bond donors (Lipinski definition) is 3. The van der Waals surface area contributed by atoms with E-state index in [-0.39, 0.29) is 12.5 Å². The van der Waals surface area contributed by atoms with Crippen molar-refractivity contribution in [3.63, 3.8) is 0 Å². The minimum Gasteiger partial charge on any atom is -0.374 e. The molecule has 3 N–H and O–H groups in total. The van der Waals surface area contributed by atoms with Crippen LogP contribution in [0.5, 0.6) is 0 Å². The van der Waals surface area contributed by atoms with E-state index >= 15 is 0 Å². The van der Waals surface area contributed by atoms with Gasteiger partial charge in [0.05, 0.1) is 0 Å². The first-order valence-electron chi connectivity index (χ1n) is 8.39. The number of halogens is 3. The number of hydrogen-bond acceptors (Lipinski definition) is 4. The SMILES string of the molecule is CC(CNC(=O)NCCC(O)(c1nccn1C)C(F)(F)F)Cn1cccn1. The number of nitrogens with zero attached hydrogens (tertiary/aromatic N) is 4. The van der Waals surface area contributed by atoms with Crippen LogP contribution in [0.1, 0.15) is 19.2 Å². The van der Waals surface area contributed by atoms with Crippen LogP contribution in [0.2, 0.25) is 0 Å². The van der Waals surface area contributed by atoms with Crippen LogP contribution in [0.15, 0.2) is 30.9 Å². The largest absolute Gasteiger partial charge is 0.424 e. The molecule has 2 aromatic heterocycles. The summed E-state index contributed by atoms with van der Waals surface area (Å²) in [7, 11) is 1.36. The van der Waals surface area contributed by atoms with Gasteiger partial charge < -0.3 is 20.3 Å². The van der Waals surface area contributed by atoms with Gasteiger partial charge in [0.2, 0.25) is 5.60 Å². The monoisotopic (exact) mass is 388 g/mol.